The Labute approximate surface area is 151 Å². The van der Waals surface area contributed by atoms with Crippen molar-refractivity contribution in [2.75, 3.05) is 32.7 Å². The maximum Gasteiger partial charge on any atom is 0.314 e. The summed E-state index contributed by atoms with van der Waals surface area (Å²) >= 11 is 0. The summed E-state index contributed by atoms with van der Waals surface area (Å²) in [5.74, 6) is 0.605. The van der Waals surface area contributed by atoms with Crippen LogP contribution in [0.1, 0.15) is 32.8 Å². The zero-order valence-corrected chi connectivity index (χ0v) is 15.8. The van der Waals surface area contributed by atoms with Gasteiger partial charge in [0.25, 0.3) is 0 Å². The van der Waals surface area contributed by atoms with Crippen LogP contribution >= 0.6 is 0 Å². The van der Waals surface area contributed by atoms with Crippen molar-refractivity contribution < 1.29 is 9.90 Å². The van der Waals surface area contributed by atoms with E-state index in [4.69, 9.17) is 0 Å². The molecule has 1 saturated heterocycles. The maximum absolute atomic E-state index is 11.9. The number of amides is 2. The Morgan fingerprint density at radius 3 is 2.72 bits per heavy atom. The van der Waals surface area contributed by atoms with E-state index in [9.17, 15) is 9.90 Å². The number of hydrogen-bond acceptors (Lipinski definition) is 3. The molecule has 1 aliphatic rings. The third-order valence-electron chi connectivity index (χ3n) is 5.33. The number of urea groups is 1. The summed E-state index contributed by atoms with van der Waals surface area (Å²) in [6.45, 7) is 9.81. The minimum absolute atomic E-state index is 0.0980. The molecule has 25 heavy (non-hydrogen) atoms. The molecular weight excluding hydrogens is 314 g/mol. The van der Waals surface area contributed by atoms with Crippen LogP contribution in [0, 0.1) is 11.8 Å². The largest absolute Gasteiger partial charge is 0.388 e. The quantitative estimate of drug-likeness (QED) is 0.676. The summed E-state index contributed by atoms with van der Waals surface area (Å²) in [5, 5.41) is 15.9. The smallest absolute Gasteiger partial charge is 0.314 e. The van der Waals surface area contributed by atoms with Gasteiger partial charge in [0.15, 0.2) is 0 Å². The molecule has 2 rings (SSSR count). The van der Waals surface area contributed by atoms with E-state index in [-0.39, 0.29) is 18.5 Å². The van der Waals surface area contributed by atoms with Gasteiger partial charge in [-0.2, -0.15) is 0 Å². The highest BCUT2D eigenvalue weighted by molar-refractivity contribution is 5.73. The molecule has 3 N–H and O–H groups in total. The molecule has 1 aromatic carbocycles. The lowest BCUT2D eigenvalue weighted by Crippen LogP contribution is -2.48. The molecule has 1 aromatic rings. The van der Waals surface area contributed by atoms with E-state index in [2.05, 4.69) is 39.8 Å². The Morgan fingerprint density at radius 1 is 1.32 bits per heavy atom. The van der Waals surface area contributed by atoms with Crippen molar-refractivity contribution in [1.82, 2.24) is 15.5 Å². The number of nitrogens with zero attached hydrogens (tertiary/aromatic N) is 1. The van der Waals surface area contributed by atoms with E-state index >= 15 is 0 Å². The van der Waals surface area contributed by atoms with Gasteiger partial charge in [-0.25, -0.2) is 4.79 Å². The molecule has 5 nitrogen and oxygen atoms in total. The molecule has 5 heteroatoms. The normalized spacial score (nSPS) is 20.4. The summed E-state index contributed by atoms with van der Waals surface area (Å²) in [6.07, 6.45) is 2.20. The topological polar surface area (TPSA) is 64.6 Å². The molecule has 1 fully saturated rings. The number of aliphatic hydroxyl groups is 1. The Morgan fingerprint density at radius 2 is 2.04 bits per heavy atom. The first-order chi connectivity index (χ1) is 11.9. The first-order valence-electron chi connectivity index (χ1n) is 9.37. The average Bonchev–Trinajstić information content (AvgIpc) is 3.05. The zero-order chi connectivity index (χ0) is 18.3. The summed E-state index contributed by atoms with van der Waals surface area (Å²) in [5.41, 5.74) is 0.500. The van der Waals surface area contributed by atoms with Gasteiger partial charge in [0.05, 0.1) is 5.60 Å². The van der Waals surface area contributed by atoms with Gasteiger partial charge in [0.1, 0.15) is 0 Å². The lowest BCUT2D eigenvalue weighted by molar-refractivity contribution is 0.0166. The van der Waals surface area contributed by atoms with Gasteiger partial charge in [0, 0.05) is 26.2 Å². The second-order valence-corrected chi connectivity index (χ2v) is 7.77. The Bertz CT molecular complexity index is 531. The molecule has 0 bridgehead atoms. The predicted molar refractivity (Wildman–Crippen MR) is 102 cm³/mol. The molecule has 1 heterocycles. The molecule has 0 radical (unpaired) electrons. The first kappa shape index (κ1) is 19.7. The Hall–Kier alpha value is -1.59. The predicted octanol–water partition coefficient (Wildman–Crippen LogP) is 2.26. The molecular formula is C20H33N3O2. The fourth-order valence-corrected chi connectivity index (χ4v) is 2.98. The third kappa shape index (κ3) is 6.67. The van der Waals surface area contributed by atoms with Crippen molar-refractivity contribution in [2.24, 2.45) is 11.8 Å². The molecule has 0 saturated carbocycles. The van der Waals surface area contributed by atoms with Crippen LogP contribution in [0.3, 0.4) is 0 Å². The van der Waals surface area contributed by atoms with Crippen LogP contribution in [-0.4, -0.2) is 54.4 Å². The van der Waals surface area contributed by atoms with Crippen molar-refractivity contribution in [3.8, 4) is 0 Å². The highest BCUT2D eigenvalue weighted by Gasteiger charge is 2.26. The summed E-state index contributed by atoms with van der Waals surface area (Å²) < 4.78 is 0. The van der Waals surface area contributed by atoms with Crippen LogP contribution in [0.2, 0.25) is 0 Å². The zero-order valence-electron chi connectivity index (χ0n) is 15.8. The Balaban J connectivity index is 1.61. The van der Waals surface area contributed by atoms with Gasteiger partial charge < -0.3 is 20.6 Å². The van der Waals surface area contributed by atoms with Crippen LogP contribution in [0.4, 0.5) is 4.79 Å². The highest BCUT2D eigenvalue weighted by atomic mass is 16.3. The molecule has 0 aliphatic carbocycles. The van der Waals surface area contributed by atoms with Gasteiger partial charge in [0.2, 0.25) is 0 Å². The lowest BCUT2D eigenvalue weighted by Gasteiger charge is -2.27. The number of rotatable bonds is 8. The van der Waals surface area contributed by atoms with E-state index in [1.165, 1.54) is 5.56 Å². The van der Waals surface area contributed by atoms with Gasteiger partial charge in [-0.15, -0.1) is 0 Å². The standard InChI is InChI=1S/C20H33N3O2/c1-16(2)20(3,25)15-22-19(24)21-13-18-10-12-23(14-18)11-9-17-7-5-4-6-8-17/h4-8,16,18,25H,9-15H2,1-3H3,(H2,21,22,24). The molecule has 2 atom stereocenters. The fraction of sp³-hybridized carbons (Fsp3) is 0.650. The van der Waals surface area contributed by atoms with E-state index < -0.39 is 5.60 Å². The van der Waals surface area contributed by atoms with E-state index in [1.54, 1.807) is 6.92 Å². The van der Waals surface area contributed by atoms with Crippen molar-refractivity contribution in [3.05, 3.63) is 35.9 Å². The van der Waals surface area contributed by atoms with Gasteiger partial charge in [-0.3, -0.25) is 0 Å². The minimum Gasteiger partial charge on any atom is -0.388 e. The summed E-state index contributed by atoms with van der Waals surface area (Å²) in [7, 11) is 0. The van der Waals surface area contributed by atoms with Gasteiger partial charge >= 0.3 is 6.03 Å². The maximum atomic E-state index is 11.9. The van der Waals surface area contributed by atoms with Gasteiger partial charge in [-0.1, -0.05) is 44.2 Å². The number of hydrogen-bond donors (Lipinski definition) is 3. The van der Waals surface area contributed by atoms with Crippen LogP contribution in [0.5, 0.6) is 0 Å². The number of carbonyl (C=O) groups is 1. The lowest BCUT2D eigenvalue weighted by atomic mass is 9.93. The van der Waals surface area contributed by atoms with E-state index in [0.29, 0.717) is 12.5 Å². The first-order valence-corrected chi connectivity index (χ1v) is 9.37. The number of benzene rings is 1. The highest BCUT2D eigenvalue weighted by Crippen LogP contribution is 2.16. The fourth-order valence-electron chi connectivity index (χ4n) is 2.98. The van der Waals surface area contributed by atoms with Crippen LogP contribution < -0.4 is 10.6 Å². The van der Waals surface area contributed by atoms with Gasteiger partial charge in [-0.05, 0) is 43.7 Å². The number of likely N-dealkylation sites (tertiary alicyclic amines) is 1. The molecule has 2 unspecified atom stereocenters. The van der Waals surface area contributed by atoms with Crippen molar-refractivity contribution in [3.63, 3.8) is 0 Å². The van der Waals surface area contributed by atoms with Crippen molar-refractivity contribution in [1.29, 1.82) is 0 Å². The summed E-state index contributed by atoms with van der Waals surface area (Å²) in [4.78, 5) is 14.4. The van der Waals surface area contributed by atoms with Crippen LogP contribution in [0.25, 0.3) is 0 Å². The second kappa shape index (κ2) is 9.20. The third-order valence-corrected chi connectivity index (χ3v) is 5.33. The van der Waals surface area contributed by atoms with Crippen molar-refractivity contribution in [2.45, 2.75) is 39.2 Å². The minimum atomic E-state index is -0.876. The molecule has 140 valence electrons. The van der Waals surface area contributed by atoms with Crippen molar-refractivity contribution >= 4 is 6.03 Å². The Kier molecular flexibility index (Phi) is 7.26. The van der Waals surface area contributed by atoms with E-state index in [1.807, 2.05) is 19.9 Å². The number of carbonyl (C=O) groups excluding carboxylic acids is 1. The molecule has 0 aromatic heterocycles. The molecule has 1 aliphatic heterocycles. The molecule has 2 amide bonds. The monoisotopic (exact) mass is 347 g/mol. The average molecular weight is 348 g/mol. The SMILES string of the molecule is CC(C)C(C)(O)CNC(=O)NCC1CCN(CCc2ccccc2)C1. The number of nitrogens with one attached hydrogen (secondary N) is 2. The second-order valence-electron chi connectivity index (χ2n) is 7.77. The van der Waals surface area contributed by atoms with Crippen LogP contribution in [0.15, 0.2) is 30.3 Å². The molecule has 0 spiro atoms. The summed E-state index contributed by atoms with van der Waals surface area (Å²) in [6, 6.07) is 10.4. The van der Waals surface area contributed by atoms with Crippen LogP contribution in [-0.2, 0) is 6.42 Å². The van der Waals surface area contributed by atoms with E-state index in [0.717, 1.165) is 32.5 Å².